The van der Waals surface area contributed by atoms with Crippen molar-refractivity contribution in [2.45, 2.75) is 295 Å². The summed E-state index contributed by atoms with van der Waals surface area (Å²) in [6.45, 7) is 16.4. The van der Waals surface area contributed by atoms with Crippen LogP contribution in [0, 0.1) is 29.6 Å². The van der Waals surface area contributed by atoms with E-state index >= 15 is 9.59 Å². The highest BCUT2D eigenvalue weighted by atomic mass is 32.1. The van der Waals surface area contributed by atoms with Gasteiger partial charge in [-0.1, -0.05) is 99.6 Å². The van der Waals surface area contributed by atoms with Crippen LogP contribution in [0.3, 0.4) is 0 Å². The number of nitrogens with two attached hydrogens (primary N) is 4. The average molecular weight is 2070 g/mol. The number of benzene rings is 2. The number of carboxylic acids is 3. The predicted octanol–water partition coefficient (Wildman–Crippen LogP) is -4.84. The minimum atomic E-state index is -1.97. The van der Waals surface area contributed by atoms with Gasteiger partial charge in [0.1, 0.15) is 96.4 Å². The number of aromatic nitrogens is 1. The molecule has 2 heterocycles. The number of aromatic amines is 1. The molecule has 30 N–H and O–H groups in total. The number of likely N-dealkylation sites (tertiary alicyclic amines) is 1. The lowest BCUT2D eigenvalue weighted by Gasteiger charge is -2.30. The highest BCUT2D eigenvalue weighted by Gasteiger charge is 2.43. The second-order valence-corrected chi connectivity index (χ2v) is 38.2. The van der Waals surface area contributed by atoms with E-state index in [4.69, 9.17) is 22.9 Å². The number of fused-ring (bicyclic) bond motifs is 1. The Morgan fingerprint density at radius 2 is 0.840 bits per heavy atom. The number of primary amides is 2. The molecule has 2 aromatic carbocycles. The van der Waals surface area contributed by atoms with Gasteiger partial charge in [0.05, 0.1) is 31.7 Å². The fourth-order valence-electron chi connectivity index (χ4n) is 15.4. The van der Waals surface area contributed by atoms with Gasteiger partial charge < -0.3 is 143 Å². The molecular weight excluding hydrogens is 1920 g/mol. The third kappa shape index (κ3) is 43.1. The molecular formula is C93H144N22O27S2. The number of amides is 19. The van der Waals surface area contributed by atoms with E-state index < -0.39 is 296 Å². The number of carboxylic acid groups (broad SMARTS) is 3. The van der Waals surface area contributed by atoms with E-state index in [0.717, 1.165) is 11.8 Å². The maximum Gasteiger partial charge on any atom is 0.326 e. The number of hydrogen-bond acceptors (Lipinski definition) is 28. The Labute approximate surface area is 844 Å². The summed E-state index contributed by atoms with van der Waals surface area (Å²) in [5.41, 5.74) is 24.4. The summed E-state index contributed by atoms with van der Waals surface area (Å²) in [5, 5.41) is 90.1. The van der Waals surface area contributed by atoms with Gasteiger partial charge in [0.25, 0.3) is 0 Å². The number of phenols is 1. The standard InChI is InChI=1S/C93H144N22O27S2/c1-45(2)33-61(80(128)99-41-72(120)101-62(34-46(3)4)83(131)105-60(93(141)142)26-29-71(97)119)106-89(137)68(44-144)112-91(139)76(49(9)10)113-87(135)64(36-48(7)8)107-85(133)65(38-52-40-98-56-18-13-12-17-54(52)56)108-82(130)59(25-28-70(96)118)104-81(129)57(19-14-15-31-94)102-84(132)63(35-47(5)6)110-92(140)77(50(11)116)114-90(138)69-20-16-32-115(69)73(121)42-100-79(127)58(27-30-74(122)123)103-86(134)66(39-75(124)125)109-88(136)67(43-143)111-78(126)55(95)37-51-21-23-53(117)24-22-51/h12-13,17-18,21-24,40,45-50,55,57-69,76-77,98,116-117,143-144H,14-16,19-20,25-39,41-44,94-95H2,1-11H3,(H2,96,118)(H2,97,119)(H,99,128)(H,100,127)(H,101,120)(H,102,132)(H,103,134)(H,104,129)(H,105,131)(H,106,137)(H,107,133)(H,108,130)(H,109,136)(H,110,140)(H,111,126)(H,112,139)(H,113,135)(H,114,138)(H,122,123)(H,124,125)(H,141,142)/t50-,55+,57+,58+,59+,60+,61+,62+,63+,64+,65+,66+,67+,68+,69+,76+,77+/m1/s1. The van der Waals surface area contributed by atoms with Gasteiger partial charge in [0, 0.05) is 60.8 Å². The molecule has 1 saturated heterocycles. The average Bonchev–Trinajstić information content (AvgIpc) is 1.66. The van der Waals surface area contributed by atoms with E-state index in [-0.39, 0.29) is 126 Å². The minimum absolute atomic E-state index is 0.000225. The molecule has 0 saturated carbocycles. The first-order valence-corrected chi connectivity index (χ1v) is 48.9. The predicted molar refractivity (Wildman–Crippen MR) is 528 cm³/mol. The molecule has 1 fully saturated rings. The van der Waals surface area contributed by atoms with E-state index in [1.54, 1.807) is 99.7 Å². The number of aliphatic hydroxyl groups is 1. The zero-order valence-electron chi connectivity index (χ0n) is 82.7. The van der Waals surface area contributed by atoms with Crippen LogP contribution in [0.15, 0.2) is 54.7 Å². The second-order valence-electron chi connectivity index (χ2n) is 37.5. The van der Waals surface area contributed by atoms with Crippen LogP contribution in [-0.4, -0.2) is 306 Å². The number of rotatable bonds is 65. The number of aliphatic hydroxyl groups excluding tert-OH is 1. The van der Waals surface area contributed by atoms with E-state index in [0.29, 0.717) is 22.0 Å². The van der Waals surface area contributed by atoms with E-state index in [2.05, 4.69) is 115 Å². The molecule has 0 spiro atoms. The Morgan fingerprint density at radius 3 is 1.34 bits per heavy atom. The molecule has 3 aromatic rings. The van der Waals surface area contributed by atoms with Crippen molar-refractivity contribution in [1.82, 2.24) is 95.0 Å². The Hall–Kier alpha value is -13.3. The molecule has 0 bridgehead atoms. The normalized spacial score (nSPS) is 15.7. The first-order chi connectivity index (χ1) is 67.7. The summed E-state index contributed by atoms with van der Waals surface area (Å²) in [4.78, 5) is 305. The molecule has 1 aliphatic heterocycles. The number of thiol groups is 2. The lowest BCUT2D eigenvalue weighted by molar-refractivity contribution is -0.143. The topological polar surface area (TPSA) is 792 Å². The molecule has 51 heteroatoms. The van der Waals surface area contributed by atoms with Gasteiger partial charge in [-0.25, -0.2) is 4.79 Å². The Kier molecular flexibility index (Phi) is 52.6. The van der Waals surface area contributed by atoms with Gasteiger partial charge in [-0.2, -0.15) is 25.3 Å². The van der Waals surface area contributed by atoms with Crippen molar-refractivity contribution < 1.29 is 131 Å². The highest BCUT2D eigenvalue weighted by molar-refractivity contribution is 7.80. The van der Waals surface area contributed by atoms with Crippen LogP contribution in [0.2, 0.25) is 0 Å². The number of nitrogens with zero attached hydrogens (tertiary/aromatic N) is 1. The molecule has 800 valence electrons. The monoisotopic (exact) mass is 2070 g/mol. The smallest absolute Gasteiger partial charge is 0.326 e. The number of hydrogen-bond donors (Lipinski definition) is 28. The Balaban J connectivity index is 1.55. The number of aliphatic carboxylic acids is 3. The number of nitrogens with one attached hydrogen (secondary N) is 17. The fourth-order valence-corrected chi connectivity index (χ4v) is 15.9. The summed E-state index contributed by atoms with van der Waals surface area (Å²) in [7, 11) is 0. The first-order valence-electron chi connectivity index (χ1n) is 47.7. The molecule has 0 unspecified atom stereocenters. The maximum atomic E-state index is 15.2. The largest absolute Gasteiger partial charge is 0.508 e. The highest BCUT2D eigenvalue weighted by Crippen LogP contribution is 2.23. The molecule has 19 amide bonds. The summed E-state index contributed by atoms with van der Waals surface area (Å²) in [6, 6.07) is -12.1. The van der Waals surface area contributed by atoms with Gasteiger partial charge in [0.15, 0.2) is 0 Å². The number of carbonyl (C=O) groups is 22. The van der Waals surface area contributed by atoms with Gasteiger partial charge >= 0.3 is 17.9 Å². The Morgan fingerprint density at radius 1 is 0.431 bits per heavy atom. The number of aromatic hydroxyl groups is 1. The van der Waals surface area contributed by atoms with Gasteiger partial charge in [0.2, 0.25) is 112 Å². The molecule has 17 atom stereocenters. The second kappa shape index (κ2) is 61.6. The minimum Gasteiger partial charge on any atom is -0.508 e. The van der Waals surface area contributed by atoms with E-state index in [9.17, 15) is 121 Å². The van der Waals surface area contributed by atoms with Crippen LogP contribution in [0.4, 0.5) is 0 Å². The molecule has 1 aromatic heterocycles. The first kappa shape index (κ1) is 123. The quantitative estimate of drug-likeness (QED) is 0.0186. The summed E-state index contributed by atoms with van der Waals surface area (Å²) < 4.78 is 0. The molecule has 0 aliphatic carbocycles. The number of H-pyrrole nitrogens is 1. The lowest BCUT2D eigenvalue weighted by atomic mass is 9.98. The van der Waals surface area contributed by atoms with Gasteiger partial charge in [-0.05, 0) is 156 Å². The van der Waals surface area contributed by atoms with Crippen LogP contribution in [-0.2, 0) is 118 Å². The number of phenolic OH excluding ortho intramolecular Hbond substituents is 1. The van der Waals surface area contributed by atoms with Crippen LogP contribution < -0.4 is 108 Å². The van der Waals surface area contributed by atoms with Crippen LogP contribution in [0.5, 0.6) is 5.75 Å². The van der Waals surface area contributed by atoms with Gasteiger partial charge in [-0.3, -0.25) is 101 Å². The van der Waals surface area contributed by atoms with Crippen molar-refractivity contribution >= 4 is 166 Å². The number of unbranched alkanes of at least 4 members (excludes halogenated alkanes) is 1. The van der Waals surface area contributed by atoms with Crippen molar-refractivity contribution in [3.05, 3.63) is 65.9 Å². The third-order valence-electron chi connectivity index (χ3n) is 23.0. The zero-order valence-corrected chi connectivity index (χ0v) is 84.5. The van der Waals surface area contributed by atoms with Crippen molar-refractivity contribution in [3.63, 3.8) is 0 Å². The van der Waals surface area contributed by atoms with E-state index in [1.807, 2.05) is 0 Å². The fraction of sp³-hybridized carbons (Fsp3) is 0.613. The maximum absolute atomic E-state index is 15.2. The summed E-state index contributed by atoms with van der Waals surface area (Å²) in [5.74, 6) is -26.0. The van der Waals surface area contributed by atoms with Crippen molar-refractivity contribution in [2.75, 3.05) is 37.7 Å². The number of para-hydroxylation sites is 1. The molecule has 0 radical (unpaired) electrons. The third-order valence-corrected chi connectivity index (χ3v) is 23.7. The SMILES string of the molecule is CC(C)C[C@H](NC(=O)CNC(=O)[C@H](CC(C)C)NC(=O)[C@H](CS)NC(=O)[C@@H](NC(=O)[C@H](CC(C)C)NC(=O)[C@H](Cc1c[nH]c2ccccc12)NC(=O)[C@H](CCC(N)=O)NC(=O)[C@H](CCCCN)NC(=O)[C@H](CC(C)C)NC(=O)[C@@H](NC(=O)[C@@H]1CCCN1C(=O)CNC(=O)[C@H](CCC(=O)O)NC(=O)[C@H](CC(=O)O)NC(=O)[C@H](CS)NC(=O)[C@@H](N)Cc1ccc(O)cc1)[C@@H](C)O)C(C)C)C(=O)N[C@@H](CCC(N)=O)C(=O)O. The lowest BCUT2D eigenvalue weighted by Crippen LogP contribution is -2.62. The van der Waals surface area contributed by atoms with Crippen LogP contribution >= 0.6 is 25.3 Å². The van der Waals surface area contributed by atoms with E-state index in [1.165, 1.54) is 24.3 Å². The molecule has 4 rings (SSSR count). The molecule has 49 nitrogen and oxygen atoms in total. The summed E-state index contributed by atoms with van der Waals surface area (Å²) >= 11 is 8.44. The van der Waals surface area contributed by atoms with Crippen LogP contribution in [0.25, 0.3) is 10.9 Å². The van der Waals surface area contributed by atoms with Crippen molar-refractivity contribution in [2.24, 2.45) is 52.5 Å². The zero-order chi connectivity index (χ0) is 108. The summed E-state index contributed by atoms with van der Waals surface area (Å²) in [6.07, 6.45) is -4.58. The van der Waals surface area contributed by atoms with Crippen molar-refractivity contribution in [3.8, 4) is 5.75 Å². The van der Waals surface area contributed by atoms with Crippen LogP contribution in [0.1, 0.15) is 190 Å². The van der Waals surface area contributed by atoms with Crippen molar-refractivity contribution in [1.29, 1.82) is 0 Å². The van der Waals surface area contributed by atoms with Gasteiger partial charge in [-0.15, -0.1) is 0 Å². The Bertz CT molecular complexity index is 4940. The number of carbonyl (C=O) groups excluding carboxylic acids is 19. The molecule has 144 heavy (non-hydrogen) atoms. The molecule has 1 aliphatic rings.